The van der Waals surface area contributed by atoms with E-state index >= 15 is 0 Å². The van der Waals surface area contributed by atoms with Crippen molar-refractivity contribution >= 4 is 28.8 Å². The summed E-state index contributed by atoms with van der Waals surface area (Å²) in [7, 11) is -6.46. The second-order valence-corrected chi connectivity index (χ2v) is 14.4. The van der Waals surface area contributed by atoms with Crippen LogP contribution in [0.2, 0.25) is 5.04 Å². The van der Waals surface area contributed by atoms with Crippen LogP contribution in [0.4, 0.5) is 0 Å². The second kappa shape index (κ2) is 9.35. The van der Waals surface area contributed by atoms with Crippen molar-refractivity contribution in [2.75, 3.05) is 12.4 Å². The monoisotopic (exact) mass is 420 g/mol. The van der Waals surface area contributed by atoms with Gasteiger partial charge in [0.05, 0.1) is 5.75 Å². The molecule has 1 N–H and O–H groups in total. The molecule has 0 saturated heterocycles. The quantitative estimate of drug-likeness (QED) is 0.494. The van der Waals surface area contributed by atoms with Crippen LogP contribution in [-0.4, -0.2) is 33.6 Å². The van der Waals surface area contributed by atoms with Crippen LogP contribution >= 0.6 is 0 Å². The van der Waals surface area contributed by atoms with Crippen LogP contribution in [0.5, 0.6) is 0 Å². The molecule has 0 amide bonds. The van der Waals surface area contributed by atoms with Crippen LogP contribution in [0.25, 0.3) is 0 Å². The first-order valence-electron chi connectivity index (χ1n) is 9.76. The van der Waals surface area contributed by atoms with Crippen molar-refractivity contribution in [3.05, 3.63) is 60.7 Å². The average molecular weight is 421 g/mol. The van der Waals surface area contributed by atoms with Gasteiger partial charge >= 0.3 is 0 Å². The molecule has 0 aliphatic heterocycles. The van der Waals surface area contributed by atoms with Gasteiger partial charge in [0.15, 0.2) is 0 Å². The maximum Gasteiger partial charge on any atom is 0.264 e. The molecule has 4 nitrogen and oxygen atoms in total. The topological polar surface area (TPSA) is 63.6 Å². The highest BCUT2D eigenvalue weighted by molar-refractivity contribution is 7.85. The highest BCUT2D eigenvalue weighted by Gasteiger charge is 2.50. The maximum atomic E-state index is 11.0. The summed E-state index contributed by atoms with van der Waals surface area (Å²) in [6, 6.07) is 20.9. The largest absolute Gasteiger partial charge is 0.407 e. The van der Waals surface area contributed by atoms with E-state index in [2.05, 4.69) is 76.2 Å². The first-order valence-corrected chi connectivity index (χ1v) is 13.3. The van der Waals surface area contributed by atoms with E-state index in [0.29, 0.717) is 19.4 Å². The first-order chi connectivity index (χ1) is 13.1. The SMILES string of the molecule is C[C@@H](CCCS(=O)(=O)O)CO[Si](c1ccccc1)(c1ccccc1)C(C)(C)C. The number of hydrogen-bond acceptors (Lipinski definition) is 3. The molecule has 0 fully saturated rings. The van der Waals surface area contributed by atoms with Gasteiger partial charge in [-0.2, -0.15) is 8.42 Å². The summed E-state index contributed by atoms with van der Waals surface area (Å²) in [6.07, 6.45) is 1.13. The standard InChI is InChI=1S/C22H32O4SSi/c1-19(12-11-17-27(23,24)25)18-26-28(22(2,3)4,20-13-7-5-8-14-20)21-15-9-6-10-16-21/h5-10,13-16,19H,11-12,17-18H2,1-4H3,(H,23,24,25)/t19-/m0/s1. The molecular formula is C22H32O4SSi. The van der Waals surface area contributed by atoms with Gasteiger partial charge in [-0.15, -0.1) is 0 Å². The molecule has 2 rings (SSSR count). The summed E-state index contributed by atoms with van der Waals surface area (Å²) in [5, 5.41) is 2.39. The molecule has 2 aromatic carbocycles. The molecule has 0 spiro atoms. The molecule has 2 aromatic rings. The molecule has 1 atom stereocenters. The molecular weight excluding hydrogens is 388 g/mol. The van der Waals surface area contributed by atoms with E-state index in [-0.39, 0.29) is 16.7 Å². The summed E-state index contributed by atoms with van der Waals surface area (Å²) >= 11 is 0. The van der Waals surface area contributed by atoms with E-state index in [1.165, 1.54) is 10.4 Å². The molecule has 0 aliphatic rings. The number of rotatable bonds is 9. The molecule has 0 aromatic heterocycles. The van der Waals surface area contributed by atoms with E-state index in [0.717, 1.165) is 0 Å². The Morgan fingerprint density at radius 1 is 0.964 bits per heavy atom. The predicted octanol–water partition coefficient (Wildman–Crippen LogP) is 3.87. The fourth-order valence-corrected chi connectivity index (χ4v) is 8.95. The van der Waals surface area contributed by atoms with E-state index in [4.69, 9.17) is 8.98 Å². The lowest BCUT2D eigenvalue weighted by atomic mass is 10.1. The Bertz CT molecular complexity index is 790. The normalized spacial score (nSPS) is 14.0. The zero-order valence-electron chi connectivity index (χ0n) is 17.3. The van der Waals surface area contributed by atoms with Gasteiger partial charge in [-0.1, -0.05) is 88.4 Å². The van der Waals surface area contributed by atoms with Crippen molar-refractivity contribution in [1.82, 2.24) is 0 Å². The number of benzene rings is 2. The highest BCUT2D eigenvalue weighted by Crippen LogP contribution is 2.37. The van der Waals surface area contributed by atoms with Crippen molar-refractivity contribution in [2.24, 2.45) is 5.92 Å². The fourth-order valence-electron chi connectivity index (χ4n) is 3.73. The van der Waals surface area contributed by atoms with Crippen LogP contribution in [0.1, 0.15) is 40.5 Å². The van der Waals surface area contributed by atoms with Crippen LogP contribution in [-0.2, 0) is 14.5 Å². The summed E-state index contributed by atoms with van der Waals surface area (Å²) in [6.45, 7) is 9.34. The summed E-state index contributed by atoms with van der Waals surface area (Å²) in [5.74, 6) is -0.000272. The molecule has 28 heavy (non-hydrogen) atoms. The third kappa shape index (κ3) is 5.77. The Kier molecular flexibility index (Phi) is 7.62. The third-order valence-corrected chi connectivity index (χ3v) is 10.9. The van der Waals surface area contributed by atoms with E-state index in [1.807, 2.05) is 12.1 Å². The molecule has 154 valence electrons. The lowest BCUT2D eigenvalue weighted by Crippen LogP contribution is -2.66. The summed E-state index contributed by atoms with van der Waals surface area (Å²) in [5.41, 5.74) is 0. The van der Waals surface area contributed by atoms with Crippen molar-refractivity contribution in [3.63, 3.8) is 0 Å². The minimum Gasteiger partial charge on any atom is -0.407 e. The van der Waals surface area contributed by atoms with E-state index in [1.54, 1.807) is 0 Å². The molecule has 0 aliphatic carbocycles. The van der Waals surface area contributed by atoms with Crippen LogP contribution in [0, 0.1) is 5.92 Å². The molecule has 0 radical (unpaired) electrons. The van der Waals surface area contributed by atoms with Crippen molar-refractivity contribution in [2.45, 2.75) is 45.6 Å². The Labute approximate surface area is 170 Å². The van der Waals surface area contributed by atoms with Crippen LogP contribution in [0.15, 0.2) is 60.7 Å². The maximum absolute atomic E-state index is 11.0. The zero-order chi connectivity index (χ0) is 20.8. The van der Waals surface area contributed by atoms with Crippen LogP contribution in [0.3, 0.4) is 0 Å². The van der Waals surface area contributed by atoms with Crippen molar-refractivity contribution < 1.29 is 17.4 Å². The Morgan fingerprint density at radius 3 is 1.82 bits per heavy atom. The first kappa shape index (κ1) is 22.8. The van der Waals surface area contributed by atoms with Gasteiger partial charge in [-0.3, -0.25) is 4.55 Å². The van der Waals surface area contributed by atoms with Crippen molar-refractivity contribution in [3.8, 4) is 0 Å². The van der Waals surface area contributed by atoms with Crippen LogP contribution < -0.4 is 10.4 Å². The van der Waals surface area contributed by atoms with Gasteiger partial charge in [-0.05, 0) is 34.2 Å². The zero-order valence-corrected chi connectivity index (χ0v) is 19.1. The second-order valence-electron chi connectivity index (χ2n) is 8.51. The van der Waals surface area contributed by atoms with E-state index < -0.39 is 18.4 Å². The minimum absolute atomic E-state index is 0.0795. The highest BCUT2D eigenvalue weighted by atomic mass is 32.2. The van der Waals surface area contributed by atoms with Gasteiger partial charge in [0.2, 0.25) is 0 Å². The van der Waals surface area contributed by atoms with Gasteiger partial charge in [0.1, 0.15) is 0 Å². The summed E-state index contributed by atoms with van der Waals surface area (Å²) in [4.78, 5) is 0. The average Bonchev–Trinajstić information content (AvgIpc) is 2.62. The molecule has 0 saturated carbocycles. The predicted molar refractivity (Wildman–Crippen MR) is 118 cm³/mol. The van der Waals surface area contributed by atoms with Gasteiger partial charge < -0.3 is 4.43 Å². The lowest BCUT2D eigenvalue weighted by Gasteiger charge is -2.43. The number of hydrogen-bond donors (Lipinski definition) is 1. The van der Waals surface area contributed by atoms with Gasteiger partial charge in [0, 0.05) is 6.61 Å². The lowest BCUT2D eigenvalue weighted by molar-refractivity contribution is 0.237. The molecule has 0 unspecified atom stereocenters. The smallest absolute Gasteiger partial charge is 0.264 e. The molecule has 0 bridgehead atoms. The Hall–Kier alpha value is -1.47. The molecule has 6 heteroatoms. The molecule has 0 heterocycles. The van der Waals surface area contributed by atoms with Gasteiger partial charge in [0.25, 0.3) is 18.4 Å². The van der Waals surface area contributed by atoms with Gasteiger partial charge in [-0.25, -0.2) is 0 Å². The van der Waals surface area contributed by atoms with E-state index in [9.17, 15) is 8.42 Å². The Morgan fingerprint density at radius 2 is 1.43 bits per heavy atom. The fraction of sp³-hybridized carbons (Fsp3) is 0.455. The minimum atomic E-state index is -3.90. The Balaban J connectivity index is 2.31. The summed E-state index contributed by atoms with van der Waals surface area (Å²) < 4.78 is 37.7. The third-order valence-electron chi connectivity index (χ3n) is 5.10. The van der Waals surface area contributed by atoms with Crippen molar-refractivity contribution in [1.29, 1.82) is 0 Å².